The number of benzene rings is 1. The average molecular weight is 236 g/mol. The second-order valence-corrected chi connectivity index (χ2v) is 4.30. The van der Waals surface area contributed by atoms with Crippen LogP contribution in [0.1, 0.15) is 5.56 Å². The Bertz CT molecular complexity index is 434. The van der Waals surface area contributed by atoms with E-state index < -0.39 is 0 Å². The molecule has 0 spiro atoms. The monoisotopic (exact) mass is 236 g/mol. The molecule has 0 bridgehead atoms. The molecule has 1 heterocycles. The third kappa shape index (κ3) is 2.57. The smallest absolute Gasteiger partial charge is 0.231 e. The van der Waals surface area contributed by atoms with Crippen molar-refractivity contribution in [3.8, 4) is 5.75 Å². The molecular formula is C12H16N2O3. The highest BCUT2D eigenvalue weighted by Gasteiger charge is 2.31. The van der Waals surface area contributed by atoms with Crippen LogP contribution in [0, 0.1) is 12.8 Å². The molecule has 1 saturated heterocycles. The zero-order valence-electron chi connectivity index (χ0n) is 9.64. The molecule has 1 aromatic carbocycles. The van der Waals surface area contributed by atoms with Crippen molar-refractivity contribution in [1.29, 1.82) is 0 Å². The number of anilines is 1. The molecular weight excluding hydrogens is 220 g/mol. The van der Waals surface area contributed by atoms with Gasteiger partial charge in [0.25, 0.3) is 0 Å². The molecule has 17 heavy (non-hydrogen) atoms. The topological polar surface area (TPSA) is 84.6 Å². The second kappa shape index (κ2) is 4.73. The molecule has 92 valence electrons. The fraction of sp³-hybridized carbons (Fsp3) is 0.417. The lowest BCUT2D eigenvalue weighted by Gasteiger charge is -2.13. The number of phenolic OH excluding ortho intramolecular Hbond substituents is 1. The second-order valence-electron chi connectivity index (χ2n) is 4.30. The maximum atomic E-state index is 11.9. The van der Waals surface area contributed by atoms with E-state index in [2.05, 4.69) is 5.32 Å². The summed E-state index contributed by atoms with van der Waals surface area (Å²) in [4.78, 5) is 11.9. The number of nitrogens with two attached hydrogens (primary N) is 1. The number of amides is 1. The van der Waals surface area contributed by atoms with E-state index in [-0.39, 0.29) is 23.6 Å². The summed E-state index contributed by atoms with van der Waals surface area (Å²) in [5.41, 5.74) is 7.09. The number of carbonyl (C=O) groups is 1. The number of hydrogen-bond donors (Lipinski definition) is 3. The largest absolute Gasteiger partial charge is 0.508 e. The molecule has 0 aliphatic carbocycles. The van der Waals surface area contributed by atoms with Crippen molar-refractivity contribution in [3.63, 3.8) is 0 Å². The fourth-order valence-electron chi connectivity index (χ4n) is 1.76. The Morgan fingerprint density at radius 3 is 2.88 bits per heavy atom. The lowest BCUT2D eigenvalue weighted by Crippen LogP contribution is -2.37. The number of hydrogen-bond acceptors (Lipinski definition) is 4. The molecule has 1 fully saturated rings. The van der Waals surface area contributed by atoms with Crippen molar-refractivity contribution in [2.75, 3.05) is 18.5 Å². The van der Waals surface area contributed by atoms with Crippen LogP contribution in [0.4, 0.5) is 5.69 Å². The van der Waals surface area contributed by atoms with Crippen LogP contribution in [-0.4, -0.2) is 30.3 Å². The van der Waals surface area contributed by atoms with Gasteiger partial charge in [-0.1, -0.05) is 6.07 Å². The Morgan fingerprint density at radius 1 is 1.53 bits per heavy atom. The van der Waals surface area contributed by atoms with E-state index in [9.17, 15) is 9.90 Å². The summed E-state index contributed by atoms with van der Waals surface area (Å²) in [6, 6.07) is 4.76. The first-order valence-electron chi connectivity index (χ1n) is 5.51. The summed E-state index contributed by atoms with van der Waals surface area (Å²) in [6.45, 7) is 2.56. The van der Waals surface area contributed by atoms with Crippen LogP contribution in [-0.2, 0) is 9.53 Å². The van der Waals surface area contributed by atoms with Crippen LogP contribution in [0.2, 0.25) is 0 Å². The Kier molecular flexibility index (Phi) is 3.31. The van der Waals surface area contributed by atoms with Gasteiger partial charge in [-0.3, -0.25) is 4.79 Å². The highest BCUT2D eigenvalue weighted by Crippen LogP contribution is 2.22. The van der Waals surface area contributed by atoms with Crippen molar-refractivity contribution < 1.29 is 14.6 Å². The Hall–Kier alpha value is -1.59. The summed E-state index contributed by atoms with van der Waals surface area (Å²) in [6.07, 6.45) is 0. The van der Waals surface area contributed by atoms with Crippen LogP contribution in [0.15, 0.2) is 18.2 Å². The highest BCUT2D eigenvalue weighted by molar-refractivity contribution is 5.93. The van der Waals surface area contributed by atoms with E-state index in [0.29, 0.717) is 18.9 Å². The van der Waals surface area contributed by atoms with Crippen molar-refractivity contribution in [1.82, 2.24) is 0 Å². The molecule has 5 heteroatoms. The minimum Gasteiger partial charge on any atom is -0.508 e. The molecule has 1 aliphatic rings. The van der Waals surface area contributed by atoms with Crippen molar-refractivity contribution in [3.05, 3.63) is 23.8 Å². The molecule has 2 rings (SSSR count). The van der Waals surface area contributed by atoms with Crippen LogP contribution in [0.25, 0.3) is 0 Å². The maximum absolute atomic E-state index is 11.9. The summed E-state index contributed by atoms with van der Waals surface area (Å²) < 4.78 is 5.14. The van der Waals surface area contributed by atoms with Crippen LogP contribution >= 0.6 is 0 Å². The normalized spacial score (nSPS) is 23.6. The zero-order valence-corrected chi connectivity index (χ0v) is 9.64. The third-order valence-electron chi connectivity index (χ3n) is 2.94. The van der Waals surface area contributed by atoms with Crippen LogP contribution in [0.3, 0.4) is 0 Å². The van der Waals surface area contributed by atoms with Gasteiger partial charge in [0.15, 0.2) is 0 Å². The first-order chi connectivity index (χ1) is 8.08. The Balaban J connectivity index is 2.05. The average Bonchev–Trinajstić information content (AvgIpc) is 2.70. The number of aromatic hydroxyl groups is 1. The highest BCUT2D eigenvalue weighted by atomic mass is 16.5. The number of nitrogens with one attached hydrogen (secondary N) is 1. The van der Waals surface area contributed by atoms with Crippen molar-refractivity contribution >= 4 is 11.6 Å². The standard InChI is InChI=1S/C12H16N2O3/c1-7-2-3-8(4-11(7)15)14-12(16)9-5-17-6-10(9)13/h2-4,9-10,15H,5-6,13H2,1H3,(H,14,16). The fourth-order valence-corrected chi connectivity index (χ4v) is 1.76. The van der Waals surface area contributed by atoms with Gasteiger partial charge in [0.05, 0.1) is 19.1 Å². The van der Waals surface area contributed by atoms with Crippen molar-refractivity contribution in [2.45, 2.75) is 13.0 Å². The van der Waals surface area contributed by atoms with Gasteiger partial charge in [-0.2, -0.15) is 0 Å². The Morgan fingerprint density at radius 2 is 2.29 bits per heavy atom. The number of rotatable bonds is 2. The summed E-state index contributed by atoms with van der Waals surface area (Å²) in [7, 11) is 0. The lowest BCUT2D eigenvalue weighted by atomic mass is 10.0. The number of phenols is 1. The quantitative estimate of drug-likeness (QED) is 0.702. The van der Waals surface area contributed by atoms with Gasteiger partial charge < -0.3 is 20.9 Å². The molecule has 2 unspecified atom stereocenters. The minimum atomic E-state index is -0.321. The van der Waals surface area contributed by atoms with E-state index >= 15 is 0 Å². The molecule has 1 aromatic rings. The van der Waals surface area contributed by atoms with Gasteiger partial charge in [0, 0.05) is 17.8 Å². The summed E-state index contributed by atoms with van der Waals surface area (Å²) in [5, 5.41) is 12.3. The van der Waals surface area contributed by atoms with Crippen LogP contribution in [0.5, 0.6) is 5.75 Å². The van der Waals surface area contributed by atoms with E-state index in [1.54, 1.807) is 19.1 Å². The molecule has 1 aliphatic heterocycles. The zero-order chi connectivity index (χ0) is 12.4. The van der Waals surface area contributed by atoms with Gasteiger partial charge in [0.1, 0.15) is 5.75 Å². The molecule has 0 radical (unpaired) electrons. The van der Waals surface area contributed by atoms with Gasteiger partial charge in [-0.05, 0) is 18.6 Å². The molecule has 4 N–H and O–H groups in total. The molecule has 5 nitrogen and oxygen atoms in total. The van der Waals surface area contributed by atoms with E-state index in [1.165, 1.54) is 6.07 Å². The van der Waals surface area contributed by atoms with Gasteiger partial charge >= 0.3 is 0 Å². The molecule has 1 amide bonds. The molecule has 0 saturated carbocycles. The molecule has 2 atom stereocenters. The van der Waals surface area contributed by atoms with E-state index in [0.717, 1.165) is 5.56 Å². The first-order valence-corrected chi connectivity index (χ1v) is 5.51. The SMILES string of the molecule is Cc1ccc(NC(=O)C2COCC2N)cc1O. The van der Waals surface area contributed by atoms with Crippen molar-refractivity contribution in [2.24, 2.45) is 11.7 Å². The predicted octanol–water partition coefficient (Wildman–Crippen LogP) is 0.613. The van der Waals surface area contributed by atoms with Gasteiger partial charge in [-0.15, -0.1) is 0 Å². The van der Waals surface area contributed by atoms with Gasteiger partial charge in [0.2, 0.25) is 5.91 Å². The minimum absolute atomic E-state index is 0.162. The number of carbonyl (C=O) groups excluding carboxylic acids is 1. The number of aryl methyl sites for hydroxylation is 1. The van der Waals surface area contributed by atoms with E-state index in [4.69, 9.17) is 10.5 Å². The molecule has 0 aromatic heterocycles. The lowest BCUT2D eigenvalue weighted by molar-refractivity contribution is -0.120. The maximum Gasteiger partial charge on any atom is 0.231 e. The third-order valence-corrected chi connectivity index (χ3v) is 2.94. The predicted molar refractivity (Wildman–Crippen MR) is 63.8 cm³/mol. The number of ether oxygens (including phenoxy) is 1. The van der Waals surface area contributed by atoms with Crippen LogP contribution < -0.4 is 11.1 Å². The Labute approximate surface area is 99.6 Å². The van der Waals surface area contributed by atoms with E-state index in [1.807, 2.05) is 0 Å². The summed E-state index contributed by atoms with van der Waals surface area (Å²) >= 11 is 0. The first kappa shape index (κ1) is 11.9. The summed E-state index contributed by atoms with van der Waals surface area (Å²) in [5.74, 6) is -0.327. The van der Waals surface area contributed by atoms with Gasteiger partial charge in [-0.25, -0.2) is 0 Å².